The molecule has 1 N–H and O–H groups in total. The molecule has 0 aromatic rings. The van der Waals surface area contributed by atoms with Gasteiger partial charge in [0.05, 0.1) is 18.1 Å². The number of unbranched alkanes of at least 4 members (excludes halogenated alkanes) is 3. The van der Waals surface area contributed by atoms with Gasteiger partial charge in [-0.2, -0.15) is 0 Å². The van der Waals surface area contributed by atoms with Crippen molar-refractivity contribution in [1.82, 2.24) is 9.80 Å². The zero-order valence-corrected chi connectivity index (χ0v) is 22.5. The lowest BCUT2D eigenvalue weighted by Gasteiger charge is -2.42. The number of likely N-dealkylation sites (tertiary alicyclic amines) is 1. The predicted octanol–water partition coefficient (Wildman–Crippen LogP) is 3.24. The number of ether oxygens (including phenoxy) is 2. The van der Waals surface area contributed by atoms with Crippen LogP contribution in [0.1, 0.15) is 72.6 Å². The van der Waals surface area contributed by atoms with Crippen molar-refractivity contribution in [3.05, 3.63) is 25.3 Å². The lowest BCUT2D eigenvalue weighted by atomic mass is 9.66. The van der Waals surface area contributed by atoms with Gasteiger partial charge in [-0.3, -0.25) is 14.4 Å². The number of amides is 2. The Kier molecular flexibility index (Phi) is 8.71. The molecular weight excluding hydrogens is 460 g/mol. The Hall–Kier alpha value is -2.19. The minimum atomic E-state index is -1.05. The Morgan fingerprint density at radius 3 is 2.50 bits per heavy atom. The van der Waals surface area contributed by atoms with Crippen LogP contribution >= 0.6 is 0 Å². The van der Waals surface area contributed by atoms with E-state index < -0.39 is 40.6 Å². The fourth-order valence-corrected chi connectivity index (χ4v) is 6.35. The summed E-state index contributed by atoms with van der Waals surface area (Å²) in [4.78, 5) is 44.9. The summed E-state index contributed by atoms with van der Waals surface area (Å²) in [5.74, 6) is -2.30. The fourth-order valence-electron chi connectivity index (χ4n) is 6.35. The standard InChI is InChI=1S/C28H44N2O6/c1-7-9-19-35-25(34)21-20-23(32)29(17-12-10-11-13-18-31)22(28(20)15-14-27(21,6)36-28)24(33)30(16-8-2)26(3,4)5/h7-8,20-22,31H,1-2,9-19H2,3-6H3/t20-,21-,22?,27+,28?/m0/s1. The summed E-state index contributed by atoms with van der Waals surface area (Å²) in [5.41, 5.74) is -2.39. The van der Waals surface area contributed by atoms with E-state index in [4.69, 9.17) is 14.6 Å². The summed E-state index contributed by atoms with van der Waals surface area (Å²) in [7, 11) is 0. The monoisotopic (exact) mass is 504 g/mol. The highest BCUT2D eigenvalue weighted by atomic mass is 16.6. The third-order valence-electron chi connectivity index (χ3n) is 8.03. The summed E-state index contributed by atoms with van der Waals surface area (Å²) in [6, 6.07) is -0.806. The van der Waals surface area contributed by atoms with Gasteiger partial charge in [0, 0.05) is 25.2 Å². The number of rotatable bonds is 13. The van der Waals surface area contributed by atoms with Crippen molar-refractivity contribution in [1.29, 1.82) is 0 Å². The number of aliphatic hydroxyl groups is 1. The molecule has 3 fully saturated rings. The Labute approximate surface area is 215 Å². The van der Waals surface area contributed by atoms with Crippen LogP contribution in [-0.2, 0) is 23.9 Å². The first-order valence-electron chi connectivity index (χ1n) is 13.3. The van der Waals surface area contributed by atoms with Gasteiger partial charge in [0.1, 0.15) is 17.6 Å². The number of hydrogen-bond acceptors (Lipinski definition) is 6. The molecule has 2 bridgehead atoms. The van der Waals surface area contributed by atoms with E-state index in [1.165, 1.54) is 0 Å². The van der Waals surface area contributed by atoms with Gasteiger partial charge in [-0.15, -0.1) is 13.2 Å². The van der Waals surface area contributed by atoms with E-state index in [-0.39, 0.29) is 25.0 Å². The Morgan fingerprint density at radius 1 is 1.19 bits per heavy atom. The van der Waals surface area contributed by atoms with Crippen LogP contribution in [0.3, 0.4) is 0 Å². The number of esters is 1. The Bertz CT molecular complexity index is 867. The van der Waals surface area contributed by atoms with Crippen LogP contribution in [0.5, 0.6) is 0 Å². The molecule has 0 aromatic carbocycles. The third-order valence-corrected chi connectivity index (χ3v) is 8.03. The SMILES string of the molecule is C=CCCOC(=O)[C@@H]1[C@H]2C(=O)N(CCCCCCO)C(C(=O)N(CC=C)C(C)(C)C)C23CC[C@@]1(C)O3. The van der Waals surface area contributed by atoms with E-state index in [1.807, 2.05) is 27.7 Å². The molecule has 3 heterocycles. The van der Waals surface area contributed by atoms with Crippen LogP contribution in [-0.4, -0.2) is 81.8 Å². The molecule has 8 nitrogen and oxygen atoms in total. The quantitative estimate of drug-likeness (QED) is 0.235. The summed E-state index contributed by atoms with van der Waals surface area (Å²) >= 11 is 0. The van der Waals surface area contributed by atoms with Crippen LogP contribution < -0.4 is 0 Å². The van der Waals surface area contributed by atoms with Crippen LogP contribution in [0.15, 0.2) is 25.3 Å². The van der Waals surface area contributed by atoms with Crippen molar-refractivity contribution in [2.24, 2.45) is 11.8 Å². The number of aliphatic hydroxyl groups excluding tert-OH is 1. The highest BCUT2D eigenvalue weighted by Gasteiger charge is 2.78. The number of fused-ring (bicyclic) bond motifs is 1. The zero-order valence-electron chi connectivity index (χ0n) is 22.5. The average Bonchev–Trinajstić information content (AvgIpc) is 3.37. The molecule has 3 rings (SSSR count). The van der Waals surface area contributed by atoms with Gasteiger partial charge in [-0.05, 0) is 59.8 Å². The molecule has 2 unspecified atom stereocenters. The minimum absolute atomic E-state index is 0.138. The summed E-state index contributed by atoms with van der Waals surface area (Å²) in [5, 5.41) is 9.10. The first-order valence-corrected chi connectivity index (χ1v) is 13.3. The Balaban J connectivity index is 1.98. The van der Waals surface area contributed by atoms with Crippen LogP contribution in [0.4, 0.5) is 0 Å². The van der Waals surface area contributed by atoms with E-state index in [9.17, 15) is 14.4 Å². The molecule has 3 aliphatic heterocycles. The van der Waals surface area contributed by atoms with E-state index in [0.717, 1.165) is 12.8 Å². The average molecular weight is 505 g/mol. The molecule has 36 heavy (non-hydrogen) atoms. The van der Waals surface area contributed by atoms with Gasteiger partial charge in [-0.1, -0.05) is 25.0 Å². The second-order valence-electron chi connectivity index (χ2n) is 11.6. The van der Waals surface area contributed by atoms with Crippen LogP contribution in [0.2, 0.25) is 0 Å². The summed E-state index contributed by atoms with van der Waals surface area (Å²) in [6.07, 6.45) is 8.14. The van der Waals surface area contributed by atoms with Gasteiger partial charge in [-0.25, -0.2) is 0 Å². The van der Waals surface area contributed by atoms with Crippen LogP contribution in [0.25, 0.3) is 0 Å². The topological polar surface area (TPSA) is 96.4 Å². The van der Waals surface area contributed by atoms with E-state index in [1.54, 1.807) is 22.0 Å². The number of hydrogen-bond donors (Lipinski definition) is 1. The molecule has 5 atom stereocenters. The van der Waals surface area contributed by atoms with E-state index in [0.29, 0.717) is 45.2 Å². The maximum absolute atomic E-state index is 14.2. The van der Waals surface area contributed by atoms with Gasteiger partial charge < -0.3 is 24.4 Å². The van der Waals surface area contributed by atoms with Crippen molar-refractivity contribution in [2.75, 3.05) is 26.3 Å². The van der Waals surface area contributed by atoms with E-state index in [2.05, 4.69) is 13.2 Å². The van der Waals surface area contributed by atoms with Crippen molar-refractivity contribution in [2.45, 2.75) is 95.4 Å². The highest BCUT2D eigenvalue weighted by molar-refractivity contribution is 5.98. The molecule has 2 amide bonds. The molecular formula is C28H44N2O6. The van der Waals surface area contributed by atoms with Crippen molar-refractivity contribution < 1.29 is 29.0 Å². The summed E-state index contributed by atoms with van der Waals surface area (Å²) in [6.45, 7) is 16.4. The van der Waals surface area contributed by atoms with Gasteiger partial charge in [0.15, 0.2) is 0 Å². The lowest BCUT2D eigenvalue weighted by molar-refractivity contribution is -0.161. The number of carbonyl (C=O) groups is 3. The first kappa shape index (κ1) is 28.4. The van der Waals surface area contributed by atoms with Gasteiger partial charge in [0.2, 0.25) is 11.8 Å². The molecule has 202 valence electrons. The second kappa shape index (κ2) is 11.1. The normalized spacial score (nSPS) is 30.9. The Morgan fingerprint density at radius 2 is 1.89 bits per heavy atom. The van der Waals surface area contributed by atoms with Crippen molar-refractivity contribution >= 4 is 17.8 Å². The molecule has 0 saturated carbocycles. The fraction of sp³-hybridized carbons (Fsp3) is 0.750. The van der Waals surface area contributed by atoms with Crippen LogP contribution in [0, 0.1) is 11.8 Å². The summed E-state index contributed by atoms with van der Waals surface area (Å²) < 4.78 is 12.2. The predicted molar refractivity (Wildman–Crippen MR) is 137 cm³/mol. The molecule has 0 aromatic heterocycles. The van der Waals surface area contributed by atoms with Crippen molar-refractivity contribution in [3.63, 3.8) is 0 Å². The first-order chi connectivity index (χ1) is 17.0. The molecule has 1 spiro atoms. The molecule has 0 radical (unpaired) electrons. The lowest BCUT2D eigenvalue weighted by Crippen LogP contribution is -2.60. The van der Waals surface area contributed by atoms with E-state index >= 15 is 0 Å². The van der Waals surface area contributed by atoms with Crippen molar-refractivity contribution in [3.8, 4) is 0 Å². The smallest absolute Gasteiger partial charge is 0.312 e. The van der Waals surface area contributed by atoms with Gasteiger partial charge >= 0.3 is 5.97 Å². The third kappa shape index (κ3) is 4.99. The maximum Gasteiger partial charge on any atom is 0.312 e. The van der Waals surface area contributed by atoms with Gasteiger partial charge in [0.25, 0.3) is 0 Å². The number of carbonyl (C=O) groups excluding carboxylic acids is 3. The molecule has 3 aliphatic rings. The zero-order chi connectivity index (χ0) is 26.7. The second-order valence-corrected chi connectivity index (χ2v) is 11.6. The molecule has 8 heteroatoms. The molecule has 3 saturated heterocycles. The largest absolute Gasteiger partial charge is 0.465 e. The number of nitrogens with zero attached hydrogens (tertiary/aromatic N) is 2. The molecule has 0 aliphatic carbocycles. The minimum Gasteiger partial charge on any atom is -0.465 e. The maximum atomic E-state index is 14.2. The highest BCUT2D eigenvalue weighted by Crippen LogP contribution is 2.63.